The standard InChI is InChI=1S/C13H17N3S/c1-3-7-11(2)17-13-15-14-10-16(13)12-8-5-4-6-9-12/h4-6,8-11H,3,7H2,1-2H3. The third-order valence-corrected chi connectivity index (χ3v) is 3.68. The summed E-state index contributed by atoms with van der Waals surface area (Å²) in [6, 6.07) is 10.2. The van der Waals surface area contributed by atoms with Crippen molar-refractivity contribution < 1.29 is 0 Å². The highest BCUT2D eigenvalue weighted by molar-refractivity contribution is 7.99. The van der Waals surface area contributed by atoms with Crippen LogP contribution in [0.2, 0.25) is 0 Å². The van der Waals surface area contributed by atoms with Gasteiger partial charge in [-0.1, -0.05) is 50.2 Å². The van der Waals surface area contributed by atoms with E-state index < -0.39 is 0 Å². The highest BCUT2D eigenvalue weighted by atomic mass is 32.2. The lowest BCUT2D eigenvalue weighted by Crippen LogP contribution is -2.00. The van der Waals surface area contributed by atoms with Crippen LogP contribution >= 0.6 is 11.8 Å². The fraction of sp³-hybridized carbons (Fsp3) is 0.385. The number of hydrogen-bond acceptors (Lipinski definition) is 3. The van der Waals surface area contributed by atoms with Crippen LogP contribution in [-0.4, -0.2) is 20.0 Å². The third kappa shape index (κ3) is 3.09. The molecule has 4 heteroatoms. The molecule has 17 heavy (non-hydrogen) atoms. The molecule has 0 spiro atoms. The normalized spacial score (nSPS) is 12.6. The molecule has 3 nitrogen and oxygen atoms in total. The zero-order valence-electron chi connectivity index (χ0n) is 10.2. The van der Waals surface area contributed by atoms with E-state index in [0.29, 0.717) is 5.25 Å². The van der Waals surface area contributed by atoms with Crippen LogP contribution in [-0.2, 0) is 0 Å². The van der Waals surface area contributed by atoms with E-state index in [4.69, 9.17) is 0 Å². The summed E-state index contributed by atoms with van der Waals surface area (Å²) in [6.45, 7) is 4.44. The van der Waals surface area contributed by atoms with Crippen LogP contribution in [0.4, 0.5) is 0 Å². The molecule has 0 saturated carbocycles. The highest BCUT2D eigenvalue weighted by Gasteiger charge is 2.10. The molecular weight excluding hydrogens is 230 g/mol. The Hall–Kier alpha value is -1.29. The summed E-state index contributed by atoms with van der Waals surface area (Å²) in [5, 5.41) is 9.74. The summed E-state index contributed by atoms with van der Waals surface area (Å²) in [4.78, 5) is 0. The molecular formula is C13H17N3S. The summed E-state index contributed by atoms with van der Waals surface area (Å²) in [5.41, 5.74) is 1.11. The molecule has 0 fully saturated rings. The van der Waals surface area contributed by atoms with Gasteiger partial charge in [-0.05, 0) is 18.6 Å². The first-order valence-corrected chi connectivity index (χ1v) is 6.81. The second-order valence-electron chi connectivity index (χ2n) is 4.04. The quantitative estimate of drug-likeness (QED) is 0.757. The van der Waals surface area contributed by atoms with E-state index in [9.17, 15) is 0 Å². The van der Waals surface area contributed by atoms with Gasteiger partial charge < -0.3 is 0 Å². The van der Waals surface area contributed by atoms with E-state index in [1.807, 2.05) is 22.8 Å². The second-order valence-corrected chi connectivity index (χ2v) is 5.44. The summed E-state index contributed by atoms with van der Waals surface area (Å²) in [5.74, 6) is 0. The van der Waals surface area contributed by atoms with Crippen molar-refractivity contribution in [2.45, 2.75) is 37.1 Å². The van der Waals surface area contributed by atoms with Gasteiger partial charge in [0.25, 0.3) is 0 Å². The highest BCUT2D eigenvalue weighted by Crippen LogP contribution is 2.25. The maximum atomic E-state index is 4.19. The molecule has 90 valence electrons. The zero-order chi connectivity index (χ0) is 12.1. The van der Waals surface area contributed by atoms with Gasteiger partial charge in [-0.2, -0.15) is 0 Å². The minimum Gasteiger partial charge on any atom is -0.277 e. The maximum Gasteiger partial charge on any atom is 0.195 e. The van der Waals surface area contributed by atoms with Crippen LogP contribution in [0.1, 0.15) is 26.7 Å². The number of benzene rings is 1. The lowest BCUT2D eigenvalue weighted by atomic mass is 10.3. The van der Waals surface area contributed by atoms with Gasteiger partial charge in [0.2, 0.25) is 0 Å². The van der Waals surface area contributed by atoms with E-state index >= 15 is 0 Å². The third-order valence-electron chi connectivity index (χ3n) is 2.55. The van der Waals surface area contributed by atoms with Gasteiger partial charge in [-0.25, -0.2) is 0 Å². The van der Waals surface area contributed by atoms with Crippen molar-refractivity contribution in [3.8, 4) is 5.69 Å². The van der Waals surface area contributed by atoms with Crippen molar-refractivity contribution in [2.75, 3.05) is 0 Å². The number of thioether (sulfide) groups is 1. The Bertz CT molecular complexity index is 453. The Morgan fingerprint density at radius 2 is 2.06 bits per heavy atom. The second kappa shape index (κ2) is 5.87. The van der Waals surface area contributed by atoms with E-state index in [2.05, 4.69) is 36.2 Å². The van der Waals surface area contributed by atoms with Crippen molar-refractivity contribution in [2.24, 2.45) is 0 Å². The molecule has 1 heterocycles. The molecule has 0 amide bonds. The zero-order valence-corrected chi connectivity index (χ0v) is 11.0. The van der Waals surface area contributed by atoms with Crippen molar-refractivity contribution in [1.82, 2.24) is 14.8 Å². The van der Waals surface area contributed by atoms with Gasteiger partial charge in [-0.3, -0.25) is 4.57 Å². The summed E-state index contributed by atoms with van der Waals surface area (Å²) < 4.78 is 2.04. The summed E-state index contributed by atoms with van der Waals surface area (Å²) in [6.07, 6.45) is 4.18. The lowest BCUT2D eigenvalue weighted by Gasteiger charge is -2.10. The predicted octanol–water partition coefficient (Wildman–Crippen LogP) is 3.55. The first-order chi connectivity index (χ1) is 8.31. The molecule has 0 radical (unpaired) electrons. The van der Waals surface area contributed by atoms with E-state index in [-0.39, 0.29) is 0 Å². The van der Waals surface area contributed by atoms with Crippen LogP contribution < -0.4 is 0 Å². The van der Waals surface area contributed by atoms with E-state index in [1.165, 1.54) is 12.8 Å². The van der Waals surface area contributed by atoms with Crippen LogP contribution in [0.5, 0.6) is 0 Å². The molecule has 0 saturated heterocycles. The Balaban J connectivity index is 2.18. The van der Waals surface area contributed by atoms with Gasteiger partial charge in [0.05, 0.1) is 0 Å². The largest absolute Gasteiger partial charge is 0.277 e. The van der Waals surface area contributed by atoms with E-state index in [0.717, 1.165) is 10.8 Å². The number of rotatable bonds is 5. The molecule has 2 aromatic rings. The predicted molar refractivity (Wildman–Crippen MR) is 71.6 cm³/mol. The van der Waals surface area contributed by atoms with Gasteiger partial charge in [0.15, 0.2) is 5.16 Å². The minimum absolute atomic E-state index is 0.576. The summed E-state index contributed by atoms with van der Waals surface area (Å²) >= 11 is 1.79. The van der Waals surface area contributed by atoms with E-state index in [1.54, 1.807) is 18.1 Å². The average Bonchev–Trinajstić information content (AvgIpc) is 2.78. The molecule has 1 unspecified atom stereocenters. The van der Waals surface area contributed by atoms with Crippen LogP contribution in [0.15, 0.2) is 41.8 Å². The minimum atomic E-state index is 0.576. The van der Waals surface area contributed by atoms with Crippen molar-refractivity contribution in [1.29, 1.82) is 0 Å². The van der Waals surface area contributed by atoms with Gasteiger partial charge in [0.1, 0.15) is 6.33 Å². The average molecular weight is 247 g/mol. The molecule has 1 aromatic heterocycles. The maximum absolute atomic E-state index is 4.19. The molecule has 0 aliphatic carbocycles. The molecule has 0 bridgehead atoms. The SMILES string of the molecule is CCCC(C)Sc1nncn1-c1ccccc1. The number of nitrogens with zero attached hydrogens (tertiary/aromatic N) is 3. The van der Waals surface area contributed by atoms with Crippen molar-refractivity contribution in [3.05, 3.63) is 36.7 Å². The first-order valence-electron chi connectivity index (χ1n) is 5.93. The molecule has 1 atom stereocenters. The number of aromatic nitrogens is 3. The monoisotopic (exact) mass is 247 g/mol. The fourth-order valence-corrected chi connectivity index (χ4v) is 2.79. The molecule has 2 rings (SSSR count). The molecule has 0 N–H and O–H groups in total. The Kier molecular flexibility index (Phi) is 4.20. The van der Waals surface area contributed by atoms with Gasteiger partial charge in [0, 0.05) is 10.9 Å². The Morgan fingerprint density at radius 1 is 1.29 bits per heavy atom. The number of para-hydroxylation sites is 1. The molecule has 0 aliphatic heterocycles. The topological polar surface area (TPSA) is 30.7 Å². The Labute approximate surface area is 106 Å². The molecule has 1 aromatic carbocycles. The smallest absolute Gasteiger partial charge is 0.195 e. The Morgan fingerprint density at radius 3 is 2.76 bits per heavy atom. The van der Waals surface area contributed by atoms with Crippen molar-refractivity contribution in [3.63, 3.8) is 0 Å². The first kappa shape index (κ1) is 12.2. The van der Waals surface area contributed by atoms with Gasteiger partial charge >= 0.3 is 0 Å². The fourth-order valence-electron chi connectivity index (χ4n) is 1.72. The summed E-state index contributed by atoms with van der Waals surface area (Å²) in [7, 11) is 0. The van der Waals surface area contributed by atoms with Crippen LogP contribution in [0.3, 0.4) is 0 Å². The van der Waals surface area contributed by atoms with Crippen molar-refractivity contribution >= 4 is 11.8 Å². The lowest BCUT2D eigenvalue weighted by molar-refractivity contribution is 0.777. The van der Waals surface area contributed by atoms with Gasteiger partial charge in [-0.15, -0.1) is 10.2 Å². The molecule has 0 aliphatic rings. The van der Waals surface area contributed by atoms with Crippen LogP contribution in [0.25, 0.3) is 5.69 Å². The van der Waals surface area contributed by atoms with Crippen LogP contribution in [0, 0.1) is 0 Å². The number of hydrogen-bond donors (Lipinski definition) is 0.